The number of piperidine rings is 1. The Labute approximate surface area is 74.9 Å². The van der Waals surface area contributed by atoms with Gasteiger partial charge in [-0.15, -0.1) is 0 Å². The lowest BCUT2D eigenvalue weighted by atomic mass is 9.82. The SMILES string of the molecule is CC(C)N1CCC(C)(C=O)CC1. The Morgan fingerprint density at radius 3 is 2.17 bits per heavy atom. The summed E-state index contributed by atoms with van der Waals surface area (Å²) in [7, 11) is 0. The minimum absolute atomic E-state index is 0.0363. The molecule has 1 aliphatic rings. The third kappa shape index (κ3) is 2.07. The zero-order valence-corrected chi connectivity index (χ0v) is 8.34. The van der Waals surface area contributed by atoms with Crippen LogP contribution in [0.2, 0.25) is 0 Å². The van der Waals surface area contributed by atoms with Gasteiger partial charge in [-0.25, -0.2) is 0 Å². The molecule has 0 bridgehead atoms. The molecule has 0 aromatic heterocycles. The highest BCUT2D eigenvalue weighted by atomic mass is 16.1. The summed E-state index contributed by atoms with van der Waals surface area (Å²) in [5, 5.41) is 0. The molecular weight excluding hydrogens is 150 g/mol. The van der Waals surface area contributed by atoms with E-state index in [-0.39, 0.29) is 5.41 Å². The zero-order chi connectivity index (χ0) is 9.19. The van der Waals surface area contributed by atoms with Gasteiger partial charge in [0, 0.05) is 11.5 Å². The van der Waals surface area contributed by atoms with E-state index in [2.05, 4.69) is 25.7 Å². The molecule has 0 unspecified atom stereocenters. The molecule has 70 valence electrons. The van der Waals surface area contributed by atoms with Gasteiger partial charge in [0.1, 0.15) is 6.29 Å². The molecule has 0 saturated carbocycles. The van der Waals surface area contributed by atoms with Crippen molar-refractivity contribution in [2.45, 2.75) is 39.7 Å². The topological polar surface area (TPSA) is 20.3 Å². The van der Waals surface area contributed by atoms with Gasteiger partial charge >= 0.3 is 0 Å². The normalized spacial score (nSPS) is 24.3. The number of rotatable bonds is 2. The number of hydrogen-bond donors (Lipinski definition) is 0. The monoisotopic (exact) mass is 169 g/mol. The lowest BCUT2D eigenvalue weighted by molar-refractivity contribution is -0.117. The van der Waals surface area contributed by atoms with E-state index in [0.29, 0.717) is 6.04 Å². The van der Waals surface area contributed by atoms with Crippen LogP contribution in [0.3, 0.4) is 0 Å². The summed E-state index contributed by atoms with van der Waals surface area (Å²) in [5.41, 5.74) is -0.0363. The highest BCUT2D eigenvalue weighted by Gasteiger charge is 2.30. The van der Waals surface area contributed by atoms with Gasteiger partial charge in [-0.3, -0.25) is 0 Å². The second-order valence-electron chi connectivity index (χ2n) is 4.40. The Bertz CT molecular complexity index is 157. The Balaban J connectivity index is 2.44. The van der Waals surface area contributed by atoms with Crippen molar-refractivity contribution in [2.24, 2.45) is 5.41 Å². The summed E-state index contributed by atoms with van der Waals surface area (Å²) in [6, 6.07) is 0.626. The summed E-state index contributed by atoms with van der Waals surface area (Å²) in [5.74, 6) is 0. The summed E-state index contributed by atoms with van der Waals surface area (Å²) < 4.78 is 0. The van der Waals surface area contributed by atoms with Crippen LogP contribution in [-0.2, 0) is 4.79 Å². The van der Waals surface area contributed by atoms with Crippen LogP contribution < -0.4 is 0 Å². The third-order valence-corrected chi connectivity index (χ3v) is 2.96. The van der Waals surface area contributed by atoms with Crippen LogP contribution >= 0.6 is 0 Å². The molecule has 0 radical (unpaired) electrons. The van der Waals surface area contributed by atoms with Crippen LogP contribution in [0.15, 0.2) is 0 Å². The number of carbonyl (C=O) groups is 1. The Morgan fingerprint density at radius 2 is 1.83 bits per heavy atom. The van der Waals surface area contributed by atoms with Crippen LogP contribution in [0.4, 0.5) is 0 Å². The smallest absolute Gasteiger partial charge is 0.125 e. The predicted molar refractivity (Wildman–Crippen MR) is 50.1 cm³/mol. The lowest BCUT2D eigenvalue weighted by Crippen LogP contribution is -2.42. The molecule has 1 heterocycles. The first-order valence-corrected chi connectivity index (χ1v) is 4.78. The molecule has 2 heteroatoms. The van der Waals surface area contributed by atoms with Gasteiger partial charge in [-0.2, -0.15) is 0 Å². The minimum Gasteiger partial charge on any atom is -0.303 e. The number of carbonyl (C=O) groups excluding carboxylic acids is 1. The molecule has 0 spiro atoms. The fourth-order valence-corrected chi connectivity index (χ4v) is 1.67. The van der Waals surface area contributed by atoms with Crippen molar-refractivity contribution in [1.82, 2.24) is 4.90 Å². The molecule has 0 aromatic carbocycles. The second kappa shape index (κ2) is 3.56. The van der Waals surface area contributed by atoms with Gasteiger partial charge in [-0.05, 0) is 39.8 Å². The fraction of sp³-hybridized carbons (Fsp3) is 0.900. The number of hydrogen-bond acceptors (Lipinski definition) is 2. The first-order valence-electron chi connectivity index (χ1n) is 4.78. The molecule has 12 heavy (non-hydrogen) atoms. The van der Waals surface area contributed by atoms with Gasteiger partial charge in [0.15, 0.2) is 0 Å². The summed E-state index contributed by atoms with van der Waals surface area (Å²) in [6.07, 6.45) is 3.17. The molecular formula is C10H19NO. The van der Waals surface area contributed by atoms with E-state index in [1.165, 1.54) is 0 Å². The van der Waals surface area contributed by atoms with Crippen molar-refractivity contribution < 1.29 is 4.79 Å². The van der Waals surface area contributed by atoms with Gasteiger partial charge < -0.3 is 9.69 Å². The molecule has 0 atom stereocenters. The molecule has 0 aliphatic carbocycles. The molecule has 0 aromatic rings. The number of nitrogens with zero attached hydrogens (tertiary/aromatic N) is 1. The standard InChI is InChI=1S/C10H19NO/c1-9(2)11-6-4-10(3,8-12)5-7-11/h8-9H,4-7H2,1-3H3. The van der Waals surface area contributed by atoms with Crippen molar-refractivity contribution in [3.05, 3.63) is 0 Å². The minimum atomic E-state index is -0.0363. The summed E-state index contributed by atoms with van der Waals surface area (Å²) in [6.45, 7) is 8.64. The molecule has 1 fully saturated rings. The Morgan fingerprint density at radius 1 is 1.33 bits per heavy atom. The Kier molecular flexibility index (Phi) is 2.89. The highest BCUT2D eigenvalue weighted by Crippen LogP contribution is 2.28. The summed E-state index contributed by atoms with van der Waals surface area (Å²) in [4.78, 5) is 13.2. The van der Waals surface area contributed by atoms with Crippen LogP contribution in [0.5, 0.6) is 0 Å². The lowest BCUT2D eigenvalue weighted by Gasteiger charge is -2.37. The maximum atomic E-state index is 10.7. The van der Waals surface area contributed by atoms with E-state index in [1.807, 2.05) is 0 Å². The van der Waals surface area contributed by atoms with E-state index < -0.39 is 0 Å². The molecule has 1 aliphatic heterocycles. The zero-order valence-electron chi connectivity index (χ0n) is 8.34. The average Bonchev–Trinajstić information content (AvgIpc) is 2.05. The predicted octanol–water partition coefficient (Wildman–Crippen LogP) is 1.70. The van der Waals surface area contributed by atoms with Crippen LogP contribution in [0, 0.1) is 5.41 Å². The van der Waals surface area contributed by atoms with E-state index in [9.17, 15) is 4.79 Å². The third-order valence-electron chi connectivity index (χ3n) is 2.96. The second-order valence-corrected chi connectivity index (χ2v) is 4.40. The van der Waals surface area contributed by atoms with Crippen molar-refractivity contribution in [3.63, 3.8) is 0 Å². The molecule has 1 saturated heterocycles. The molecule has 1 rings (SSSR count). The van der Waals surface area contributed by atoms with E-state index >= 15 is 0 Å². The first kappa shape index (κ1) is 9.72. The van der Waals surface area contributed by atoms with Crippen LogP contribution in [-0.4, -0.2) is 30.3 Å². The quantitative estimate of drug-likeness (QED) is 0.586. The number of likely N-dealkylation sites (tertiary alicyclic amines) is 1. The molecule has 2 nitrogen and oxygen atoms in total. The van der Waals surface area contributed by atoms with Crippen molar-refractivity contribution in [3.8, 4) is 0 Å². The molecule has 0 N–H and O–H groups in total. The van der Waals surface area contributed by atoms with E-state index in [1.54, 1.807) is 0 Å². The van der Waals surface area contributed by atoms with Gasteiger partial charge in [0.2, 0.25) is 0 Å². The van der Waals surface area contributed by atoms with E-state index in [0.717, 1.165) is 32.2 Å². The first-order chi connectivity index (χ1) is 5.57. The average molecular weight is 169 g/mol. The highest BCUT2D eigenvalue weighted by molar-refractivity contribution is 5.58. The van der Waals surface area contributed by atoms with Crippen LogP contribution in [0.1, 0.15) is 33.6 Å². The van der Waals surface area contributed by atoms with Crippen molar-refractivity contribution >= 4 is 6.29 Å². The molecule has 0 amide bonds. The summed E-state index contributed by atoms with van der Waals surface area (Å²) >= 11 is 0. The van der Waals surface area contributed by atoms with Gasteiger partial charge in [-0.1, -0.05) is 6.92 Å². The largest absolute Gasteiger partial charge is 0.303 e. The van der Waals surface area contributed by atoms with Gasteiger partial charge in [0.25, 0.3) is 0 Å². The Hall–Kier alpha value is -0.370. The van der Waals surface area contributed by atoms with Gasteiger partial charge in [0.05, 0.1) is 0 Å². The maximum absolute atomic E-state index is 10.7. The number of aldehydes is 1. The fourth-order valence-electron chi connectivity index (χ4n) is 1.67. The van der Waals surface area contributed by atoms with Crippen molar-refractivity contribution in [2.75, 3.05) is 13.1 Å². The maximum Gasteiger partial charge on any atom is 0.125 e. The van der Waals surface area contributed by atoms with Crippen LogP contribution in [0.25, 0.3) is 0 Å². The van der Waals surface area contributed by atoms with E-state index in [4.69, 9.17) is 0 Å². The van der Waals surface area contributed by atoms with Crippen molar-refractivity contribution in [1.29, 1.82) is 0 Å².